The molecule has 0 bridgehead atoms. The lowest BCUT2D eigenvalue weighted by Crippen LogP contribution is -2.65. The second kappa shape index (κ2) is 20.0. The smallest absolute Gasteiger partial charge is 0.255 e. The molecule has 2 amide bonds. The second-order valence-corrected chi connectivity index (χ2v) is 22.2. The van der Waals surface area contributed by atoms with Crippen molar-refractivity contribution < 1.29 is 39.6 Å². The van der Waals surface area contributed by atoms with Gasteiger partial charge in [-0.2, -0.15) is 5.10 Å². The minimum absolute atomic E-state index is 0.0166. The third kappa shape index (κ3) is 8.90. The number of carbonyl (C=O) groups is 4. The molecular formula is C51H64N6O8P+. The average Bonchev–Trinajstić information content (AvgIpc) is 3.72. The zero-order valence-electron chi connectivity index (χ0n) is 38.7. The van der Waals surface area contributed by atoms with Crippen LogP contribution < -0.4 is 31.9 Å². The molecule has 4 aromatic rings. The molecule has 0 radical (unpaired) electrons. The Kier molecular flexibility index (Phi) is 14.6. The normalized spacial score (nSPS) is 20.6. The van der Waals surface area contributed by atoms with Crippen molar-refractivity contribution in [1.82, 2.24) is 14.7 Å². The summed E-state index contributed by atoms with van der Waals surface area (Å²) in [5, 5.41) is 58.0. The number of phenolic OH excluding ortho intramolecular Hbond substituents is 1. The van der Waals surface area contributed by atoms with Crippen LogP contribution >= 0.6 is 7.26 Å². The Bertz CT molecular complexity index is 2500. The van der Waals surface area contributed by atoms with E-state index in [9.17, 15) is 39.6 Å². The molecule has 14 nitrogen and oxygen atoms in total. The number of hydrogen-bond donors (Lipinski definition) is 6. The Balaban J connectivity index is 0.935. The Morgan fingerprint density at radius 2 is 1.44 bits per heavy atom. The van der Waals surface area contributed by atoms with Gasteiger partial charge in [0, 0.05) is 44.7 Å². The number of primary amides is 1. The predicted molar refractivity (Wildman–Crippen MR) is 260 cm³/mol. The number of ketones is 2. The molecule has 0 spiro atoms. The second-order valence-electron chi connectivity index (χ2n) is 18.6. The van der Waals surface area contributed by atoms with E-state index >= 15 is 0 Å². The topological polar surface area (TPSA) is 212 Å². The number of phenols is 1. The third-order valence-electron chi connectivity index (χ3n) is 13.9. The van der Waals surface area contributed by atoms with E-state index < -0.39 is 71.1 Å². The van der Waals surface area contributed by atoms with Crippen LogP contribution in [0.25, 0.3) is 5.76 Å². The first-order chi connectivity index (χ1) is 31.5. The quantitative estimate of drug-likeness (QED) is 0.0295. The minimum Gasteiger partial charge on any atom is -0.508 e. The number of unbranched alkanes of at least 4 members (excludes halogenated alkanes) is 8. The molecule has 0 unspecified atom stereocenters. The summed E-state index contributed by atoms with van der Waals surface area (Å²) < 4.78 is 1.91. The molecule has 1 heterocycles. The van der Waals surface area contributed by atoms with Gasteiger partial charge in [-0.25, -0.2) is 0 Å². The van der Waals surface area contributed by atoms with Gasteiger partial charge in [-0.1, -0.05) is 74.9 Å². The van der Waals surface area contributed by atoms with E-state index in [4.69, 9.17) is 5.73 Å². The molecule has 0 saturated heterocycles. The Morgan fingerprint density at radius 3 is 1.97 bits per heavy atom. The highest BCUT2D eigenvalue weighted by Gasteiger charge is 2.64. The van der Waals surface area contributed by atoms with Crippen molar-refractivity contribution in [2.24, 2.45) is 24.6 Å². The van der Waals surface area contributed by atoms with E-state index in [1.165, 1.54) is 20.8 Å². The van der Waals surface area contributed by atoms with Crippen LogP contribution in [-0.2, 0) is 32.6 Å². The zero-order valence-corrected chi connectivity index (χ0v) is 39.6. The number of hydrogen-bond acceptors (Lipinski definition) is 11. The van der Waals surface area contributed by atoms with Crippen LogP contribution in [0.2, 0.25) is 0 Å². The Hall–Kier alpha value is -5.82. The maximum Gasteiger partial charge on any atom is 0.255 e. The maximum absolute atomic E-state index is 14.3. The number of Topliss-reactive ketones (excluding diaryl/α,β-unsaturated/α-hetero) is 2. The number of fused-ring (bicyclic) bond motifs is 3. The highest BCUT2D eigenvalue weighted by Crippen LogP contribution is 2.57. The van der Waals surface area contributed by atoms with E-state index in [0.717, 1.165) is 57.5 Å². The van der Waals surface area contributed by atoms with Gasteiger partial charge in [0.25, 0.3) is 5.91 Å². The molecule has 66 heavy (non-hydrogen) atoms. The van der Waals surface area contributed by atoms with Crippen molar-refractivity contribution in [2.45, 2.75) is 88.7 Å². The molecule has 1 fully saturated rings. The van der Waals surface area contributed by atoms with E-state index in [1.807, 2.05) is 11.7 Å². The van der Waals surface area contributed by atoms with Gasteiger partial charge in [-0.05, 0) is 88.0 Å². The SMILES string of the molecule is CN(C)c1cc(NC(=O)CCCCCCCCCCC[P+](c2ccccc2)(c2ccccc2)c2cnn(C)c2)c(O)c2c1C[C@H]1C[C@H]3[C@H](N(C)C)C(=O)C(C(N)=O)=C(O)[C@@]3(O)C(=O)C1=C2O. The molecule has 7 rings (SSSR count). The number of rotatable bonds is 19. The summed E-state index contributed by atoms with van der Waals surface area (Å²) in [7, 11) is 6.79. The van der Waals surface area contributed by atoms with Crippen molar-refractivity contribution >= 4 is 63.7 Å². The molecule has 15 heteroatoms. The Labute approximate surface area is 387 Å². The highest BCUT2D eigenvalue weighted by atomic mass is 31.2. The van der Waals surface area contributed by atoms with Crippen molar-refractivity contribution in [1.29, 1.82) is 0 Å². The number of benzene rings is 3. The fourth-order valence-corrected chi connectivity index (χ4v) is 15.0. The van der Waals surface area contributed by atoms with E-state index in [2.05, 4.69) is 83.5 Å². The Morgan fingerprint density at radius 1 is 0.864 bits per heavy atom. The number of aliphatic hydroxyl groups excluding tert-OH is 2. The molecule has 3 aliphatic carbocycles. The number of nitrogens with one attached hydrogen (secondary N) is 1. The molecule has 0 aliphatic heterocycles. The molecule has 4 atom stereocenters. The van der Waals surface area contributed by atoms with Gasteiger partial charge in [0.05, 0.1) is 35.8 Å². The average molecular weight is 920 g/mol. The van der Waals surface area contributed by atoms with Gasteiger partial charge in [0.15, 0.2) is 11.4 Å². The van der Waals surface area contributed by atoms with Crippen molar-refractivity contribution in [3.05, 3.63) is 107 Å². The third-order valence-corrected chi connectivity index (χ3v) is 18.3. The number of aryl methyl sites for hydroxylation is 1. The van der Waals surface area contributed by atoms with Gasteiger partial charge >= 0.3 is 0 Å². The van der Waals surface area contributed by atoms with Crippen molar-refractivity contribution in [2.75, 3.05) is 44.6 Å². The molecule has 350 valence electrons. The lowest BCUT2D eigenvalue weighted by Gasteiger charge is -2.50. The van der Waals surface area contributed by atoms with Crippen LogP contribution in [0.5, 0.6) is 5.75 Å². The monoisotopic (exact) mass is 919 g/mol. The van der Waals surface area contributed by atoms with Crippen molar-refractivity contribution in [3.8, 4) is 5.75 Å². The van der Waals surface area contributed by atoms with Crippen LogP contribution in [0.15, 0.2) is 96.0 Å². The van der Waals surface area contributed by atoms with Gasteiger partial charge in [-0.3, -0.25) is 28.8 Å². The summed E-state index contributed by atoms with van der Waals surface area (Å²) in [4.78, 5) is 56.6. The van der Waals surface area contributed by atoms with Crippen molar-refractivity contribution in [3.63, 3.8) is 0 Å². The van der Waals surface area contributed by atoms with Crippen LogP contribution in [-0.4, -0.2) is 104 Å². The van der Waals surface area contributed by atoms with Gasteiger partial charge in [0.2, 0.25) is 11.7 Å². The number of nitrogens with two attached hydrogens (primary N) is 1. The highest BCUT2D eigenvalue weighted by molar-refractivity contribution is 7.95. The predicted octanol–water partition coefficient (Wildman–Crippen LogP) is 5.60. The summed E-state index contributed by atoms with van der Waals surface area (Å²) in [5.74, 6) is -7.58. The van der Waals surface area contributed by atoms with Crippen LogP contribution in [0.4, 0.5) is 11.4 Å². The summed E-state index contributed by atoms with van der Waals surface area (Å²) in [5.41, 5.74) is 2.68. The number of carbonyl (C=O) groups excluding carboxylic acids is 4. The van der Waals surface area contributed by atoms with E-state index in [1.54, 1.807) is 39.2 Å². The fourth-order valence-electron chi connectivity index (χ4n) is 10.7. The van der Waals surface area contributed by atoms with Crippen LogP contribution in [0.1, 0.15) is 81.8 Å². The standard InChI is InChI=1S/C51H63N6O8P/c1-55(2)39-29-38(45(59)42-36(39)27-32-28-37-44(56(3)4)47(61)43(50(52)64)49(63)51(37,65)48(62)41(32)46(42)60)54-40(58)25-19-11-9-7-6-8-10-12-20-26-66(33-21-15-13-16-22-33,34-23-17-14-18-24-34)35-30-53-57(5)31-35/h13-18,21-24,29-32,37,44,65H,6-12,19-20,25-28H2,1-5H3,(H5-,52,54,58,59,60,61,62,63,64)/p+1/t32-,37-,44-,51-/m0/s1. The number of aliphatic hydroxyl groups is 3. The fraction of sp³-hybridized carbons (Fsp3) is 0.431. The first kappa shape index (κ1) is 48.1. The van der Waals surface area contributed by atoms with E-state index in [-0.39, 0.29) is 42.0 Å². The lowest BCUT2D eigenvalue weighted by molar-refractivity contribution is -0.153. The first-order valence-electron chi connectivity index (χ1n) is 23.0. The van der Waals surface area contributed by atoms with Gasteiger partial charge in [-0.15, -0.1) is 0 Å². The van der Waals surface area contributed by atoms with Gasteiger partial charge in [0.1, 0.15) is 46.0 Å². The summed E-state index contributed by atoms with van der Waals surface area (Å²) in [6.07, 6.45) is 15.0. The molecule has 1 aromatic heterocycles. The molecule has 1 saturated carbocycles. The number of aromatic nitrogens is 2. The molecule has 3 aromatic carbocycles. The van der Waals surface area contributed by atoms with Crippen LogP contribution in [0.3, 0.4) is 0 Å². The molecular weight excluding hydrogens is 856 g/mol. The molecule has 3 aliphatic rings. The first-order valence-corrected chi connectivity index (χ1v) is 25.0. The maximum atomic E-state index is 14.3. The molecule has 7 N–H and O–H groups in total. The minimum atomic E-state index is -2.74. The van der Waals surface area contributed by atoms with Gasteiger partial charge < -0.3 is 36.4 Å². The number of anilines is 2. The number of aromatic hydroxyl groups is 1. The number of nitrogens with zero attached hydrogens (tertiary/aromatic N) is 4. The zero-order chi connectivity index (χ0) is 47.5. The van der Waals surface area contributed by atoms with Crippen LogP contribution in [0, 0.1) is 11.8 Å². The lowest BCUT2D eigenvalue weighted by atomic mass is 9.57. The number of amides is 2. The summed E-state index contributed by atoms with van der Waals surface area (Å²) in [6, 6.07) is 22.3. The largest absolute Gasteiger partial charge is 0.508 e. The number of likely N-dealkylation sites (N-methyl/N-ethyl adjacent to an activating group) is 1. The summed E-state index contributed by atoms with van der Waals surface area (Å²) >= 11 is 0. The van der Waals surface area contributed by atoms with E-state index in [0.29, 0.717) is 17.7 Å². The summed E-state index contributed by atoms with van der Waals surface area (Å²) in [6.45, 7) is 0.